The monoisotopic (exact) mass is 468 g/mol. The highest BCUT2D eigenvalue weighted by atomic mass is 32.2. The molecule has 1 aliphatic heterocycles. The Kier molecular flexibility index (Phi) is 6.30. The predicted octanol–water partition coefficient (Wildman–Crippen LogP) is 5.37. The lowest BCUT2D eigenvalue weighted by Gasteiger charge is -2.61. The van der Waals surface area contributed by atoms with Crippen molar-refractivity contribution in [3.63, 3.8) is 0 Å². The molecule has 3 aliphatic carbocycles. The van der Waals surface area contributed by atoms with Gasteiger partial charge < -0.3 is 10.2 Å². The van der Waals surface area contributed by atoms with Crippen molar-refractivity contribution in [3.05, 3.63) is 30.3 Å². The lowest BCUT2D eigenvalue weighted by atomic mass is 9.47. The summed E-state index contributed by atoms with van der Waals surface area (Å²) in [6.45, 7) is 5.86. The first-order chi connectivity index (χ1) is 15.8. The molecule has 1 aromatic carbocycles. The highest BCUT2D eigenvalue weighted by Crippen LogP contribution is 2.66. The van der Waals surface area contributed by atoms with Gasteiger partial charge in [-0.25, -0.2) is 0 Å². The molecule has 3 saturated carbocycles. The summed E-state index contributed by atoms with van der Waals surface area (Å²) in [5.41, 5.74) is 0.633. The number of hydrogen-bond donors (Lipinski definition) is 1. The van der Waals surface area contributed by atoms with Gasteiger partial charge in [0, 0.05) is 31.0 Å². The van der Waals surface area contributed by atoms with Crippen molar-refractivity contribution < 1.29 is 9.59 Å². The van der Waals surface area contributed by atoms with Crippen LogP contribution in [0.1, 0.15) is 65.2 Å². The van der Waals surface area contributed by atoms with Gasteiger partial charge in [-0.3, -0.25) is 9.59 Å². The Balaban J connectivity index is 1.21. The molecule has 0 spiro atoms. The molecular weight excluding hydrogens is 428 g/mol. The van der Waals surface area contributed by atoms with Gasteiger partial charge in [0.15, 0.2) is 0 Å². The molecule has 1 N–H and O–H groups in total. The van der Waals surface area contributed by atoms with E-state index in [4.69, 9.17) is 0 Å². The molecule has 33 heavy (non-hydrogen) atoms. The van der Waals surface area contributed by atoms with E-state index in [1.165, 1.54) is 38.5 Å². The second-order valence-electron chi connectivity index (χ2n) is 11.7. The van der Waals surface area contributed by atoms with Gasteiger partial charge in [0.25, 0.3) is 0 Å². The van der Waals surface area contributed by atoms with Gasteiger partial charge in [0.05, 0.1) is 5.75 Å². The molecule has 0 radical (unpaired) electrons. The second kappa shape index (κ2) is 8.94. The molecule has 0 unspecified atom stereocenters. The summed E-state index contributed by atoms with van der Waals surface area (Å²) in [4.78, 5) is 28.2. The highest BCUT2D eigenvalue weighted by molar-refractivity contribution is 8.00. The van der Waals surface area contributed by atoms with Crippen LogP contribution in [-0.2, 0) is 9.59 Å². The van der Waals surface area contributed by atoms with E-state index < -0.39 is 0 Å². The van der Waals surface area contributed by atoms with Gasteiger partial charge in [-0.05, 0) is 91.6 Å². The molecule has 5 heteroatoms. The third-order valence-electron chi connectivity index (χ3n) is 10.4. The van der Waals surface area contributed by atoms with Crippen molar-refractivity contribution in [2.75, 3.05) is 19.3 Å². The third kappa shape index (κ3) is 4.02. The topological polar surface area (TPSA) is 49.4 Å². The van der Waals surface area contributed by atoms with Gasteiger partial charge in [0.2, 0.25) is 11.8 Å². The number of benzene rings is 1. The van der Waals surface area contributed by atoms with Crippen molar-refractivity contribution in [3.8, 4) is 0 Å². The lowest BCUT2D eigenvalue weighted by molar-refractivity contribution is -0.158. The summed E-state index contributed by atoms with van der Waals surface area (Å²) in [6, 6.07) is 10.6. The maximum atomic E-state index is 12.6. The summed E-state index contributed by atoms with van der Waals surface area (Å²) in [6.07, 6.45) is 9.37. The van der Waals surface area contributed by atoms with Crippen molar-refractivity contribution in [2.45, 2.75) is 76.2 Å². The normalized spacial score (nSPS) is 40.0. The van der Waals surface area contributed by atoms with Crippen LogP contribution < -0.4 is 5.32 Å². The molecule has 4 nitrogen and oxygen atoms in total. The molecule has 1 aromatic rings. The number of amides is 2. The molecule has 7 atom stereocenters. The van der Waals surface area contributed by atoms with Crippen LogP contribution in [0.2, 0.25) is 0 Å². The lowest BCUT2D eigenvalue weighted by Crippen LogP contribution is -2.61. The number of carbonyl (C=O) groups is 2. The summed E-state index contributed by atoms with van der Waals surface area (Å²) < 4.78 is 0. The van der Waals surface area contributed by atoms with Crippen molar-refractivity contribution >= 4 is 23.6 Å². The first kappa shape index (κ1) is 23.3. The van der Waals surface area contributed by atoms with Crippen LogP contribution in [0.15, 0.2) is 35.2 Å². The molecule has 2 amide bonds. The summed E-state index contributed by atoms with van der Waals surface area (Å²) in [5, 5.41) is 3.28. The standard InChI is InChI=1S/C28H40N2O2S/c1-27-15-13-23-21(10-12-24-28(23,2)16-14-26(32)30(24)3)22(27)11-9-19(27)17-29-25(31)18-33-20-7-5-4-6-8-20/h4-8,19,21-24H,9-18H2,1-3H3,(H,29,31)/t19-,21+,22+,23+,24-,27-,28-/m1/s1. The van der Waals surface area contributed by atoms with Crippen LogP contribution in [0.5, 0.6) is 0 Å². The van der Waals surface area contributed by atoms with Crippen LogP contribution in [0, 0.1) is 34.5 Å². The number of likely N-dealkylation sites (tertiary alicyclic amines) is 1. The Morgan fingerprint density at radius 2 is 1.79 bits per heavy atom. The van der Waals surface area contributed by atoms with Crippen molar-refractivity contribution in [2.24, 2.45) is 34.5 Å². The van der Waals surface area contributed by atoms with Crippen LogP contribution in [-0.4, -0.2) is 42.1 Å². The van der Waals surface area contributed by atoms with E-state index >= 15 is 0 Å². The van der Waals surface area contributed by atoms with Crippen LogP contribution >= 0.6 is 11.8 Å². The van der Waals surface area contributed by atoms with E-state index in [1.807, 2.05) is 25.2 Å². The average molecular weight is 469 g/mol. The summed E-state index contributed by atoms with van der Waals surface area (Å²) >= 11 is 1.62. The van der Waals surface area contributed by atoms with Crippen LogP contribution in [0.4, 0.5) is 0 Å². The van der Waals surface area contributed by atoms with Crippen molar-refractivity contribution in [1.82, 2.24) is 10.2 Å². The Morgan fingerprint density at radius 1 is 1.03 bits per heavy atom. The molecule has 1 saturated heterocycles. The van der Waals surface area contributed by atoms with Crippen LogP contribution in [0.25, 0.3) is 0 Å². The largest absolute Gasteiger partial charge is 0.355 e. The zero-order chi connectivity index (χ0) is 23.2. The number of nitrogens with one attached hydrogen (secondary N) is 1. The first-order valence-electron chi connectivity index (χ1n) is 13.0. The highest BCUT2D eigenvalue weighted by Gasteiger charge is 2.60. The predicted molar refractivity (Wildman–Crippen MR) is 134 cm³/mol. The fraction of sp³-hybridized carbons (Fsp3) is 0.714. The Labute approximate surface area is 203 Å². The molecule has 4 fully saturated rings. The number of carbonyl (C=O) groups excluding carboxylic acids is 2. The SMILES string of the molecule is CN1C(=O)CC[C@]2(C)[C@H]3CC[C@]4(C)[C@@H](CNC(=O)CSc5ccccc5)CC[C@H]4[C@@H]3CC[C@@H]12. The third-order valence-corrected chi connectivity index (χ3v) is 11.4. The number of nitrogens with zero attached hydrogens (tertiary/aromatic N) is 1. The van der Waals surface area contributed by atoms with E-state index in [0.717, 1.165) is 42.0 Å². The molecule has 4 aliphatic rings. The summed E-state index contributed by atoms with van der Waals surface area (Å²) in [7, 11) is 2.04. The van der Waals surface area contributed by atoms with Crippen LogP contribution in [0.3, 0.4) is 0 Å². The number of hydrogen-bond acceptors (Lipinski definition) is 3. The van der Waals surface area contributed by atoms with Gasteiger partial charge in [-0.15, -0.1) is 11.8 Å². The number of thioether (sulfide) groups is 1. The molecule has 180 valence electrons. The second-order valence-corrected chi connectivity index (χ2v) is 12.8. The average Bonchev–Trinajstić information content (AvgIpc) is 3.16. The van der Waals surface area contributed by atoms with E-state index in [0.29, 0.717) is 29.0 Å². The Hall–Kier alpha value is -1.49. The van der Waals surface area contributed by atoms with E-state index in [2.05, 4.69) is 36.2 Å². The smallest absolute Gasteiger partial charge is 0.230 e. The first-order valence-corrected chi connectivity index (χ1v) is 14.0. The van der Waals surface area contributed by atoms with Gasteiger partial charge in [-0.2, -0.15) is 0 Å². The minimum Gasteiger partial charge on any atom is -0.355 e. The molecule has 0 aromatic heterocycles. The van der Waals surface area contributed by atoms with E-state index in [-0.39, 0.29) is 11.3 Å². The minimum atomic E-state index is 0.160. The quantitative estimate of drug-likeness (QED) is 0.591. The molecule has 0 bridgehead atoms. The molecule has 5 rings (SSSR count). The zero-order valence-corrected chi connectivity index (χ0v) is 21.3. The molecule has 1 heterocycles. The maximum absolute atomic E-state index is 12.6. The number of fused-ring (bicyclic) bond motifs is 5. The molecular formula is C28H40N2O2S. The minimum absolute atomic E-state index is 0.160. The van der Waals surface area contributed by atoms with Gasteiger partial charge in [0.1, 0.15) is 0 Å². The van der Waals surface area contributed by atoms with E-state index in [1.54, 1.807) is 11.8 Å². The Bertz CT molecular complexity index is 891. The maximum Gasteiger partial charge on any atom is 0.230 e. The Morgan fingerprint density at radius 3 is 2.58 bits per heavy atom. The van der Waals surface area contributed by atoms with Gasteiger partial charge in [-0.1, -0.05) is 32.0 Å². The number of rotatable bonds is 5. The van der Waals surface area contributed by atoms with E-state index in [9.17, 15) is 9.59 Å². The fourth-order valence-electron chi connectivity index (χ4n) is 8.55. The van der Waals surface area contributed by atoms with Gasteiger partial charge >= 0.3 is 0 Å². The zero-order valence-electron chi connectivity index (χ0n) is 20.5. The summed E-state index contributed by atoms with van der Waals surface area (Å²) in [5.74, 6) is 3.91. The number of piperidine rings is 1. The fourth-order valence-corrected chi connectivity index (χ4v) is 9.30. The van der Waals surface area contributed by atoms with Crippen molar-refractivity contribution in [1.29, 1.82) is 0 Å².